The van der Waals surface area contributed by atoms with Gasteiger partial charge in [-0.3, -0.25) is 4.90 Å². The normalized spacial score (nSPS) is 21.3. The molecule has 8 heteroatoms. The van der Waals surface area contributed by atoms with Crippen molar-refractivity contribution >= 4 is 12.1 Å². The van der Waals surface area contributed by atoms with E-state index in [9.17, 15) is 27.9 Å². The summed E-state index contributed by atoms with van der Waals surface area (Å²) in [6.07, 6.45) is -4.80. The lowest BCUT2D eigenvalue weighted by molar-refractivity contribution is -0.150. The van der Waals surface area contributed by atoms with E-state index in [1.54, 1.807) is 20.8 Å². The van der Waals surface area contributed by atoms with E-state index in [0.717, 1.165) is 29.2 Å². The number of carbonyl (C=O) groups excluding carboxylic acids is 1. The molecule has 0 radical (unpaired) electrons. The standard InChI is InChI=1S/C17H20F3NO4/c1-15(2,3)25-14(24)21-10-4-9-16(21,13(22)23)11-5-7-12(8-6-11)17(18,19)20/h5-8H,4,9-10H2,1-3H3,(H,22,23)/t16-/m0/s1. The topological polar surface area (TPSA) is 66.8 Å². The lowest BCUT2D eigenvalue weighted by Crippen LogP contribution is -2.52. The number of ether oxygens (including phenoxy) is 1. The van der Waals surface area contributed by atoms with E-state index in [0.29, 0.717) is 6.42 Å². The molecule has 1 fully saturated rings. The summed E-state index contributed by atoms with van der Waals surface area (Å²) in [4.78, 5) is 25.5. The number of carbonyl (C=O) groups is 2. The SMILES string of the molecule is CC(C)(C)OC(=O)N1CCC[C@@]1(C(=O)O)c1ccc(C(F)(F)F)cc1. The Labute approximate surface area is 143 Å². The second-order valence-electron chi connectivity index (χ2n) is 6.98. The molecule has 1 aromatic carbocycles. The molecule has 1 aliphatic heterocycles. The molecule has 1 N–H and O–H groups in total. The number of hydrogen-bond donors (Lipinski definition) is 1. The van der Waals surface area contributed by atoms with Crippen LogP contribution in [0.1, 0.15) is 44.7 Å². The van der Waals surface area contributed by atoms with Crippen molar-refractivity contribution in [2.45, 2.75) is 50.9 Å². The first kappa shape index (κ1) is 19.1. The van der Waals surface area contributed by atoms with Gasteiger partial charge in [-0.15, -0.1) is 0 Å². The van der Waals surface area contributed by atoms with Gasteiger partial charge in [0.15, 0.2) is 5.54 Å². The zero-order valence-electron chi connectivity index (χ0n) is 14.2. The van der Waals surface area contributed by atoms with E-state index >= 15 is 0 Å². The number of benzene rings is 1. The maximum atomic E-state index is 12.7. The van der Waals surface area contributed by atoms with Gasteiger partial charge in [-0.2, -0.15) is 13.2 Å². The first-order valence-corrected chi connectivity index (χ1v) is 7.80. The summed E-state index contributed by atoms with van der Waals surface area (Å²) >= 11 is 0. The van der Waals surface area contributed by atoms with Crippen LogP contribution in [0.5, 0.6) is 0 Å². The van der Waals surface area contributed by atoms with Crippen molar-refractivity contribution in [2.75, 3.05) is 6.54 Å². The smallest absolute Gasteiger partial charge is 0.416 e. The first-order valence-electron chi connectivity index (χ1n) is 7.80. The fourth-order valence-corrected chi connectivity index (χ4v) is 2.96. The van der Waals surface area contributed by atoms with Gasteiger partial charge in [0.25, 0.3) is 0 Å². The van der Waals surface area contributed by atoms with Crippen LogP contribution in [0.4, 0.5) is 18.0 Å². The molecule has 0 unspecified atom stereocenters. The average molecular weight is 359 g/mol. The number of likely N-dealkylation sites (tertiary alicyclic amines) is 1. The second kappa shape index (κ2) is 6.24. The number of aliphatic carboxylic acids is 1. The number of alkyl halides is 3. The zero-order chi connectivity index (χ0) is 19.0. The van der Waals surface area contributed by atoms with E-state index in [4.69, 9.17) is 4.74 Å². The summed E-state index contributed by atoms with van der Waals surface area (Å²) in [5, 5.41) is 9.79. The quantitative estimate of drug-likeness (QED) is 0.866. The largest absolute Gasteiger partial charge is 0.479 e. The van der Waals surface area contributed by atoms with Crippen LogP contribution in [-0.4, -0.2) is 34.2 Å². The van der Waals surface area contributed by atoms with Crippen molar-refractivity contribution in [1.82, 2.24) is 4.90 Å². The van der Waals surface area contributed by atoms with Gasteiger partial charge in [0.2, 0.25) is 0 Å². The molecule has 1 amide bonds. The van der Waals surface area contributed by atoms with Gasteiger partial charge in [0.05, 0.1) is 5.56 Å². The molecule has 0 spiro atoms. The van der Waals surface area contributed by atoms with E-state index in [2.05, 4.69) is 0 Å². The Kier molecular flexibility index (Phi) is 4.76. The Morgan fingerprint density at radius 1 is 1.16 bits per heavy atom. The van der Waals surface area contributed by atoms with Crippen LogP contribution in [0.3, 0.4) is 0 Å². The summed E-state index contributed by atoms with van der Waals surface area (Å²) in [6, 6.07) is 3.87. The summed E-state index contributed by atoms with van der Waals surface area (Å²) in [6.45, 7) is 5.12. The highest BCUT2D eigenvalue weighted by atomic mass is 19.4. The molecule has 0 bridgehead atoms. The molecule has 1 saturated heterocycles. The first-order chi connectivity index (χ1) is 11.4. The molecule has 1 aliphatic rings. The van der Waals surface area contributed by atoms with Gasteiger partial charge < -0.3 is 9.84 Å². The van der Waals surface area contributed by atoms with Gasteiger partial charge in [0, 0.05) is 6.54 Å². The number of hydrogen-bond acceptors (Lipinski definition) is 3. The molecule has 1 aromatic rings. The zero-order valence-corrected chi connectivity index (χ0v) is 14.2. The van der Waals surface area contributed by atoms with Gasteiger partial charge in [0.1, 0.15) is 5.60 Å². The summed E-state index contributed by atoms with van der Waals surface area (Å²) < 4.78 is 43.5. The van der Waals surface area contributed by atoms with Gasteiger partial charge in [-0.1, -0.05) is 12.1 Å². The Balaban J connectivity index is 2.44. The number of nitrogens with zero attached hydrogens (tertiary/aromatic N) is 1. The van der Waals surface area contributed by atoms with Crippen molar-refractivity contribution in [1.29, 1.82) is 0 Å². The summed E-state index contributed by atoms with van der Waals surface area (Å²) in [5.41, 5.74) is -3.30. The Morgan fingerprint density at radius 3 is 2.16 bits per heavy atom. The van der Waals surface area contributed by atoms with Crippen LogP contribution in [0, 0.1) is 0 Å². The molecular weight excluding hydrogens is 339 g/mol. The number of rotatable bonds is 2. The number of carboxylic acid groups (broad SMARTS) is 1. The average Bonchev–Trinajstić information content (AvgIpc) is 2.90. The molecule has 0 aliphatic carbocycles. The predicted molar refractivity (Wildman–Crippen MR) is 82.9 cm³/mol. The van der Waals surface area contributed by atoms with Crippen LogP contribution in [-0.2, 0) is 21.2 Å². The third-order valence-corrected chi connectivity index (χ3v) is 4.04. The molecule has 1 heterocycles. The lowest BCUT2D eigenvalue weighted by Gasteiger charge is -2.36. The Bertz CT molecular complexity index is 664. The Morgan fingerprint density at radius 2 is 1.72 bits per heavy atom. The number of amides is 1. The minimum atomic E-state index is -4.52. The fraction of sp³-hybridized carbons (Fsp3) is 0.529. The highest BCUT2D eigenvalue weighted by molar-refractivity contribution is 5.86. The van der Waals surface area contributed by atoms with Crippen molar-refractivity contribution in [3.63, 3.8) is 0 Å². The van der Waals surface area contributed by atoms with Crippen molar-refractivity contribution < 1.29 is 32.6 Å². The highest BCUT2D eigenvalue weighted by Crippen LogP contribution is 2.41. The number of halogens is 3. The molecular formula is C17H20F3NO4. The van der Waals surface area contributed by atoms with Gasteiger partial charge >= 0.3 is 18.2 Å². The molecule has 5 nitrogen and oxygen atoms in total. The van der Waals surface area contributed by atoms with E-state index in [-0.39, 0.29) is 18.5 Å². The molecule has 0 aromatic heterocycles. The van der Waals surface area contributed by atoms with Crippen molar-refractivity contribution in [3.8, 4) is 0 Å². The van der Waals surface area contributed by atoms with Crippen LogP contribution >= 0.6 is 0 Å². The molecule has 0 saturated carbocycles. The summed E-state index contributed by atoms with van der Waals surface area (Å²) in [5.74, 6) is -1.30. The third-order valence-electron chi connectivity index (χ3n) is 4.04. The maximum Gasteiger partial charge on any atom is 0.416 e. The Hall–Kier alpha value is -2.25. The predicted octanol–water partition coefficient (Wildman–Crippen LogP) is 4.02. The van der Waals surface area contributed by atoms with E-state index in [1.165, 1.54) is 0 Å². The van der Waals surface area contributed by atoms with Crippen LogP contribution in [0.15, 0.2) is 24.3 Å². The van der Waals surface area contributed by atoms with Gasteiger partial charge in [-0.25, -0.2) is 9.59 Å². The van der Waals surface area contributed by atoms with Crippen LogP contribution < -0.4 is 0 Å². The second-order valence-corrected chi connectivity index (χ2v) is 6.98. The van der Waals surface area contributed by atoms with E-state index in [1.807, 2.05) is 0 Å². The highest BCUT2D eigenvalue weighted by Gasteiger charge is 2.52. The van der Waals surface area contributed by atoms with Crippen LogP contribution in [0.25, 0.3) is 0 Å². The molecule has 138 valence electrons. The van der Waals surface area contributed by atoms with Crippen molar-refractivity contribution in [3.05, 3.63) is 35.4 Å². The third kappa shape index (κ3) is 3.72. The van der Waals surface area contributed by atoms with E-state index < -0.39 is 34.9 Å². The monoisotopic (exact) mass is 359 g/mol. The molecule has 25 heavy (non-hydrogen) atoms. The minimum Gasteiger partial charge on any atom is -0.479 e. The summed E-state index contributed by atoms with van der Waals surface area (Å²) in [7, 11) is 0. The lowest BCUT2D eigenvalue weighted by atomic mass is 9.87. The maximum absolute atomic E-state index is 12.7. The number of carboxylic acids is 1. The minimum absolute atomic E-state index is 0.104. The van der Waals surface area contributed by atoms with Crippen molar-refractivity contribution in [2.24, 2.45) is 0 Å². The molecule has 1 atom stereocenters. The van der Waals surface area contributed by atoms with Gasteiger partial charge in [-0.05, 0) is 51.3 Å². The van der Waals surface area contributed by atoms with Crippen LogP contribution in [0.2, 0.25) is 0 Å². The fourth-order valence-electron chi connectivity index (χ4n) is 2.96. The molecule has 2 rings (SSSR count).